The molecule has 1 heterocycles. The summed E-state index contributed by atoms with van der Waals surface area (Å²) in [5.74, 6) is 0.170. The van der Waals surface area contributed by atoms with E-state index in [0.717, 1.165) is 22.0 Å². The lowest BCUT2D eigenvalue weighted by Crippen LogP contribution is -2.11. The first-order valence-corrected chi connectivity index (χ1v) is 6.86. The van der Waals surface area contributed by atoms with Gasteiger partial charge in [0.25, 0.3) is 0 Å². The number of benzene rings is 1. The number of halogens is 3. The van der Waals surface area contributed by atoms with Gasteiger partial charge < -0.3 is 10.1 Å². The second-order valence-electron chi connectivity index (χ2n) is 3.86. The number of ether oxygens (including phenoxy) is 1. The molecule has 0 fully saturated rings. The molecule has 0 saturated heterocycles. The highest BCUT2D eigenvalue weighted by molar-refractivity contribution is 7.10. The summed E-state index contributed by atoms with van der Waals surface area (Å²) in [6.45, 7) is -1.40. The van der Waals surface area contributed by atoms with E-state index in [1.807, 2.05) is 11.4 Å². The van der Waals surface area contributed by atoms with E-state index in [2.05, 4.69) is 10.1 Å². The molecule has 0 radical (unpaired) electrons. The Labute approximate surface area is 119 Å². The lowest BCUT2D eigenvalue weighted by atomic mass is 10.2. The highest BCUT2D eigenvalue weighted by Crippen LogP contribution is 2.19. The first kappa shape index (κ1) is 14.2. The maximum absolute atomic E-state index is 12.0. The highest BCUT2D eigenvalue weighted by atomic mass is 35.5. The van der Waals surface area contributed by atoms with Crippen LogP contribution in [0.4, 0.5) is 8.78 Å². The van der Waals surface area contributed by atoms with Gasteiger partial charge in [-0.3, -0.25) is 0 Å². The van der Waals surface area contributed by atoms with Crippen molar-refractivity contribution in [3.05, 3.63) is 51.2 Å². The quantitative estimate of drug-likeness (QED) is 0.859. The van der Waals surface area contributed by atoms with E-state index in [-0.39, 0.29) is 5.75 Å². The van der Waals surface area contributed by atoms with Gasteiger partial charge in [0.15, 0.2) is 0 Å². The molecule has 1 N–H and O–H groups in total. The first-order chi connectivity index (χ1) is 9.13. The maximum Gasteiger partial charge on any atom is 0.387 e. The summed E-state index contributed by atoms with van der Waals surface area (Å²) in [6.07, 6.45) is 0. The zero-order valence-corrected chi connectivity index (χ0v) is 11.5. The Kier molecular flexibility index (Phi) is 5.13. The second kappa shape index (κ2) is 6.84. The van der Waals surface area contributed by atoms with Crippen molar-refractivity contribution >= 4 is 22.9 Å². The highest BCUT2D eigenvalue weighted by Gasteiger charge is 2.03. The minimum absolute atomic E-state index is 0.170. The molecule has 6 heteroatoms. The average molecular weight is 304 g/mol. The van der Waals surface area contributed by atoms with Crippen LogP contribution in [0.25, 0.3) is 0 Å². The molecule has 0 aliphatic heterocycles. The van der Waals surface area contributed by atoms with E-state index >= 15 is 0 Å². The Bertz CT molecular complexity index is 516. The van der Waals surface area contributed by atoms with E-state index < -0.39 is 6.61 Å². The van der Waals surface area contributed by atoms with Crippen LogP contribution >= 0.6 is 22.9 Å². The van der Waals surface area contributed by atoms with Crippen LogP contribution in [0.5, 0.6) is 5.75 Å². The monoisotopic (exact) mass is 303 g/mol. The fourth-order valence-corrected chi connectivity index (χ4v) is 2.61. The van der Waals surface area contributed by atoms with Crippen molar-refractivity contribution in [2.75, 3.05) is 0 Å². The largest absolute Gasteiger partial charge is 0.435 e. The van der Waals surface area contributed by atoms with E-state index in [1.54, 1.807) is 23.5 Å². The molecule has 0 aliphatic carbocycles. The molecule has 0 saturated carbocycles. The van der Waals surface area contributed by atoms with E-state index in [9.17, 15) is 8.78 Å². The van der Waals surface area contributed by atoms with Crippen molar-refractivity contribution in [3.8, 4) is 5.75 Å². The van der Waals surface area contributed by atoms with Crippen LogP contribution in [-0.4, -0.2) is 6.61 Å². The summed E-state index contributed by atoms with van der Waals surface area (Å²) >= 11 is 7.42. The molecule has 0 spiro atoms. The van der Waals surface area contributed by atoms with Gasteiger partial charge in [-0.25, -0.2) is 0 Å². The van der Waals surface area contributed by atoms with Gasteiger partial charge in [-0.1, -0.05) is 23.7 Å². The number of hydrogen-bond donors (Lipinski definition) is 1. The number of nitrogens with one attached hydrogen (secondary N) is 1. The van der Waals surface area contributed by atoms with Crippen LogP contribution in [0.2, 0.25) is 5.02 Å². The zero-order valence-electron chi connectivity index (χ0n) is 9.91. The summed E-state index contributed by atoms with van der Waals surface area (Å²) in [4.78, 5) is 1.16. The molecule has 102 valence electrons. The number of hydrogen-bond acceptors (Lipinski definition) is 3. The van der Waals surface area contributed by atoms with E-state index in [4.69, 9.17) is 11.6 Å². The third kappa shape index (κ3) is 4.78. The molecule has 19 heavy (non-hydrogen) atoms. The Morgan fingerprint density at radius 1 is 1.21 bits per heavy atom. The number of rotatable bonds is 6. The molecule has 0 aliphatic rings. The van der Waals surface area contributed by atoms with Crippen molar-refractivity contribution in [2.45, 2.75) is 19.7 Å². The molecule has 2 rings (SSSR count). The Balaban J connectivity index is 1.79. The molecular formula is C13H12ClF2NOS. The van der Waals surface area contributed by atoms with Crippen LogP contribution < -0.4 is 10.1 Å². The van der Waals surface area contributed by atoms with Crippen LogP contribution in [0.1, 0.15) is 10.4 Å². The second-order valence-corrected chi connectivity index (χ2v) is 5.29. The molecule has 2 nitrogen and oxygen atoms in total. The van der Waals surface area contributed by atoms with Crippen molar-refractivity contribution < 1.29 is 13.5 Å². The van der Waals surface area contributed by atoms with Gasteiger partial charge in [0.2, 0.25) is 0 Å². The van der Waals surface area contributed by atoms with Gasteiger partial charge in [0.05, 0.1) is 5.02 Å². The molecule has 1 aromatic heterocycles. The number of alkyl halides is 2. The van der Waals surface area contributed by atoms with E-state index in [0.29, 0.717) is 6.54 Å². The standard InChI is InChI=1S/C13H12ClF2NOS/c14-10-5-12(19-8-10)7-17-6-9-1-3-11(4-2-9)18-13(15)16/h1-5,8,13,17H,6-7H2. The average Bonchev–Trinajstić information content (AvgIpc) is 2.77. The van der Waals surface area contributed by atoms with Gasteiger partial charge in [-0.05, 0) is 23.8 Å². The smallest absolute Gasteiger partial charge is 0.387 e. The predicted octanol–water partition coefficient (Wildman–Crippen LogP) is 4.29. The zero-order chi connectivity index (χ0) is 13.7. The summed E-state index contributed by atoms with van der Waals surface area (Å²) in [6, 6.07) is 8.49. The summed E-state index contributed by atoms with van der Waals surface area (Å²) in [7, 11) is 0. The van der Waals surface area contributed by atoms with Gasteiger partial charge in [0, 0.05) is 23.3 Å². The number of thiophene rings is 1. The van der Waals surface area contributed by atoms with Gasteiger partial charge in [-0.2, -0.15) is 8.78 Å². The Morgan fingerprint density at radius 3 is 2.53 bits per heavy atom. The minimum atomic E-state index is -2.78. The molecule has 1 aromatic carbocycles. The lowest BCUT2D eigenvalue weighted by molar-refractivity contribution is -0.0498. The Morgan fingerprint density at radius 2 is 1.95 bits per heavy atom. The predicted molar refractivity (Wildman–Crippen MR) is 72.9 cm³/mol. The maximum atomic E-state index is 12.0. The fourth-order valence-electron chi connectivity index (χ4n) is 1.57. The first-order valence-electron chi connectivity index (χ1n) is 5.61. The molecule has 2 aromatic rings. The van der Waals surface area contributed by atoms with Crippen LogP contribution in [0, 0.1) is 0 Å². The molecular weight excluding hydrogens is 292 g/mol. The third-order valence-electron chi connectivity index (χ3n) is 2.40. The molecule has 0 bridgehead atoms. The van der Waals surface area contributed by atoms with Crippen molar-refractivity contribution in [1.29, 1.82) is 0 Å². The molecule has 0 atom stereocenters. The normalized spacial score (nSPS) is 10.9. The van der Waals surface area contributed by atoms with Gasteiger partial charge in [0.1, 0.15) is 5.75 Å². The third-order valence-corrected chi connectivity index (χ3v) is 3.68. The summed E-state index contributed by atoms with van der Waals surface area (Å²) in [5.41, 5.74) is 1.00. The minimum Gasteiger partial charge on any atom is -0.435 e. The SMILES string of the molecule is FC(F)Oc1ccc(CNCc2cc(Cl)cs2)cc1. The van der Waals surface area contributed by atoms with Crippen LogP contribution in [-0.2, 0) is 13.1 Å². The van der Waals surface area contributed by atoms with Crippen molar-refractivity contribution in [3.63, 3.8) is 0 Å². The fraction of sp³-hybridized carbons (Fsp3) is 0.231. The van der Waals surface area contributed by atoms with E-state index in [1.165, 1.54) is 12.1 Å². The molecule has 0 unspecified atom stereocenters. The lowest BCUT2D eigenvalue weighted by Gasteiger charge is -2.06. The van der Waals surface area contributed by atoms with Gasteiger partial charge in [-0.15, -0.1) is 11.3 Å². The van der Waals surface area contributed by atoms with Crippen LogP contribution in [0.15, 0.2) is 35.7 Å². The van der Waals surface area contributed by atoms with Crippen LogP contribution in [0.3, 0.4) is 0 Å². The summed E-state index contributed by atoms with van der Waals surface area (Å²) < 4.78 is 28.2. The van der Waals surface area contributed by atoms with Gasteiger partial charge >= 0.3 is 6.61 Å². The Hall–Kier alpha value is -1.17. The topological polar surface area (TPSA) is 21.3 Å². The summed E-state index contributed by atoms with van der Waals surface area (Å²) in [5, 5.41) is 5.88. The van der Waals surface area contributed by atoms with Crippen molar-refractivity contribution in [1.82, 2.24) is 5.32 Å². The van der Waals surface area contributed by atoms with Crippen molar-refractivity contribution in [2.24, 2.45) is 0 Å². The molecule has 0 amide bonds.